The van der Waals surface area contributed by atoms with Gasteiger partial charge in [-0.05, 0) is 19.8 Å². The highest BCUT2D eigenvalue weighted by Crippen LogP contribution is 2.19. The van der Waals surface area contributed by atoms with E-state index in [1.807, 2.05) is 0 Å². The number of rotatable bonds is 5. The lowest BCUT2D eigenvalue weighted by Crippen LogP contribution is -2.49. The maximum absolute atomic E-state index is 11.5. The quantitative estimate of drug-likeness (QED) is 0.794. The van der Waals surface area contributed by atoms with Gasteiger partial charge in [-0.1, -0.05) is 0 Å². The van der Waals surface area contributed by atoms with Crippen LogP contribution in [0.4, 0.5) is 0 Å². The molecule has 1 aromatic rings. The Labute approximate surface area is 105 Å². The molecule has 2 heterocycles. The van der Waals surface area contributed by atoms with E-state index in [0.29, 0.717) is 12.2 Å². The van der Waals surface area contributed by atoms with E-state index in [4.69, 9.17) is 4.74 Å². The first-order valence-electron chi connectivity index (χ1n) is 5.99. The molecular weight excluding hydrogens is 234 g/mol. The molecule has 0 radical (unpaired) electrons. The average molecular weight is 251 g/mol. The van der Waals surface area contributed by atoms with Gasteiger partial charge in [-0.3, -0.25) is 15.3 Å². The number of aliphatic carboxylic acids is 1. The van der Waals surface area contributed by atoms with Gasteiger partial charge in [0.15, 0.2) is 5.54 Å². The lowest BCUT2D eigenvalue weighted by atomic mass is 9.98. The lowest BCUT2D eigenvalue weighted by Gasteiger charge is -2.26. The number of hydrogen-bond acceptors (Lipinski definition) is 5. The van der Waals surface area contributed by atoms with Gasteiger partial charge in [0.05, 0.1) is 18.0 Å². The second-order valence-electron chi connectivity index (χ2n) is 4.54. The standard InChI is InChI=1S/C12H17N3O3/c1-12(11(16)17,10-8-13-4-5-14-10)15-7-9-3-2-6-18-9/h4-5,8-9,15H,2-3,6-7H2,1H3,(H,16,17). The number of carboxylic acids is 1. The molecule has 1 saturated heterocycles. The summed E-state index contributed by atoms with van der Waals surface area (Å²) in [6.07, 6.45) is 6.55. The Balaban J connectivity index is 2.09. The van der Waals surface area contributed by atoms with E-state index in [1.165, 1.54) is 18.6 Å². The smallest absolute Gasteiger partial charge is 0.329 e. The highest BCUT2D eigenvalue weighted by molar-refractivity contribution is 5.79. The summed E-state index contributed by atoms with van der Waals surface area (Å²) in [7, 11) is 0. The van der Waals surface area contributed by atoms with Crippen molar-refractivity contribution in [2.45, 2.75) is 31.4 Å². The Kier molecular flexibility index (Phi) is 3.88. The Morgan fingerprint density at radius 1 is 1.67 bits per heavy atom. The van der Waals surface area contributed by atoms with Crippen molar-refractivity contribution in [3.05, 3.63) is 24.3 Å². The van der Waals surface area contributed by atoms with Gasteiger partial charge in [0.2, 0.25) is 0 Å². The third-order valence-corrected chi connectivity index (χ3v) is 3.21. The van der Waals surface area contributed by atoms with Crippen LogP contribution in [0.2, 0.25) is 0 Å². The van der Waals surface area contributed by atoms with Gasteiger partial charge in [-0.2, -0.15) is 0 Å². The van der Waals surface area contributed by atoms with Crippen molar-refractivity contribution in [3.8, 4) is 0 Å². The molecule has 2 unspecified atom stereocenters. The molecule has 1 aromatic heterocycles. The summed E-state index contributed by atoms with van der Waals surface area (Å²) in [5.74, 6) is -0.971. The Bertz CT molecular complexity index is 406. The molecule has 0 aromatic carbocycles. The van der Waals surface area contributed by atoms with Crippen molar-refractivity contribution >= 4 is 5.97 Å². The molecular formula is C12H17N3O3. The number of ether oxygens (including phenoxy) is 1. The van der Waals surface area contributed by atoms with Gasteiger partial charge in [0.25, 0.3) is 0 Å². The highest BCUT2D eigenvalue weighted by Gasteiger charge is 2.37. The van der Waals surface area contributed by atoms with Crippen molar-refractivity contribution in [3.63, 3.8) is 0 Å². The summed E-state index contributed by atoms with van der Waals surface area (Å²) in [6.45, 7) is 2.84. The van der Waals surface area contributed by atoms with Crippen molar-refractivity contribution < 1.29 is 14.6 Å². The maximum atomic E-state index is 11.5. The first-order valence-corrected chi connectivity index (χ1v) is 5.99. The van der Waals surface area contributed by atoms with E-state index in [0.717, 1.165) is 19.4 Å². The largest absolute Gasteiger partial charge is 0.480 e. The number of nitrogens with zero attached hydrogens (tertiary/aromatic N) is 2. The van der Waals surface area contributed by atoms with Crippen LogP contribution < -0.4 is 5.32 Å². The van der Waals surface area contributed by atoms with Crippen molar-refractivity contribution in [1.29, 1.82) is 0 Å². The van der Waals surface area contributed by atoms with Crippen LogP contribution >= 0.6 is 0 Å². The molecule has 2 N–H and O–H groups in total. The molecule has 18 heavy (non-hydrogen) atoms. The molecule has 0 amide bonds. The zero-order chi connectivity index (χ0) is 13.0. The third-order valence-electron chi connectivity index (χ3n) is 3.21. The van der Waals surface area contributed by atoms with Crippen molar-refractivity contribution in [2.75, 3.05) is 13.2 Å². The Hall–Kier alpha value is -1.53. The molecule has 98 valence electrons. The van der Waals surface area contributed by atoms with E-state index in [9.17, 15) is 9.90 Å². The average Bonchev–Trinajstić information content (AvgIpc) is 2.90. The third kappa shape index (κ3) is 2.65. The van der Waals surface area contributed by atoms with Gasteiger partial charge in [0, 0.05) is 25.5 Å². The van der Waals surface area contributed by atoms with E-state index in [1.54, 1.807) is 6.92 Å². The van der Waals surface area contributed by atoms with Crippen LogP contribution in [0.5, 0.6) is 0 Å². The van der Waals surface area contributed by atoms with Gasteiger partial charge in [0.1, 0.15) is 0 Å². The van der Waals surface area contributed by atoms with Crippen molar-refractivity contribution in [1.82, 2.24) is 15.3 Å². The molecule has 2 rings (SSSR count). The van der Waals surface area contributed by atoms with Crippen LogP contribution in [0.25, 0.3) is 0 Å². The first-order chi connectivity index (χ1) is 8.63. The predicted octanol–water partition coefficient (Wildman–Crippen LogP) is 0.545. The predicted molar refractivity (Wildman–Crippen MR) is 64.0 cm³/mol. The number of aromatic nitrogens is 2. The highest BCUT2D eigenvalue weighted by atomic mass is 16.5. The van der Waals surface area contributed by atoms with Crippen molar-refractivity contribution in [2.24, 2.45) is 0 Å². The van der Waals surface area contributed by atoms with Crippen LogP contribution in [0.15, 0.2) is 18.6 Å². The summed E-state index contributed by atoms with van der Waals surface area (Å²) >= 11 is 0. The zero-order valence-electron chi connectivity index (χ0n) is 10.3. The molecule has 1 aliphatic heterocycles. The summed E-state index contributed by atoms with van der Waals surface area (Å²) in [4.78, 5) is 19.4. The second kappa shape index (κ2) is 5.41. The Morgan fingerprint density at radius 2 is 2.50 bits per heavy atom. The normalized spacial score (nSPS) is 22.6. The van der Waals surface area contributed by atoms with Gasteiger partial charge >= 0.3 is 5.97 Å². The molecule has 6 nitrogen and oxygen atoms in total. The van der Waals surface area contributed by atoms with Gasteiger partial charge in [-0.25, -0.2) is 4.79 Å². The van der Waals surface area contributed by atoms with Gasteiger partial charge < -0.3 is 9.84 Å². The molecule has 0 bridgehead atoms. The summed E-state index contributed by atoms with van der Waals surface area (Å²) in [5, 5.41) is 12.4. The van der Waals surface area contributed by atoms with Crippen LogP contribution in [0.3, 0.4) is 0 Å². The first kappa shape index (κ1) is 12.9. The minimum absolute atomic E-state index is 0.0837. The molecule has 0 saturated carbocycles. The summed E-state index contributed by atoms with van der Waals surface area (Å²) < 4.78 is 5.47. The molecule has 6 heteroatoms. The SMILES string of the molecule is CC(NCC1CCCO1)(C(=O)O)c1cnccn1. The van der Waals surface area contributed by atoms with E-state index in [-0.39, 0.29) is 6.10 Å². The topological polar surface area (TPSA) is 84.3 Å². The fourth-order valence-corrected chi connectivity index (χ4v) is 1.96. The molecule has 1 aliphatic rings. The van der Waals surface area contributed by atoms with Crippen LogP contribution in [-0.4, -0.2) is 40.3 Å². The minimum Gasteiger partial charge on any atom is -0.480 e. The summed E-state index contributed by atoms with van der Waals surface area (Å²) in [5.41, 5.74) is -0.837. The van der Waals surface area contributed by atoms with Crippen LogP contribution in [0, 0.1) is 0 Å². The fraction of sp³-hybridized carbons (Fsp3) is 0.583. The zero-order valence-corrected chi connectivity index (χ0v) is 10.3. The summed E-state index contributed by atoms with van der Waals surface area (Å²) in [6, 6.07) is 0. The number of carbonyl (C=O) groups is 1. The number of hydrogen-bond donors (Lipinski definition) is 2. The monoisotopic (exact) mass is 251 g/mol. The van der Waals surface area contributed by atoms with E-state index in [2.05, 4.69) is 15.3 Å². The van der Waals surface area contributed by atoms with Crippen LogP contribution in [0.1, 0.15) is 25.5 Å². The number of carboxylic acid groups (broad SMARTS) is 1. The molecule has 1 fully saturated rings. The molecule has 2 atom stereocenters. The fourth-order valence-electron chi connectivity index (χ4n) is 1.96. The number of nitrogens with one attached hydrogen (secondary N) is 1. The van der Waals surface area contributed by atoms with Gasteiger partial charge in [-0.15, -0.1) is 0 Å². The van der Waals surface area contributed by atoms with E-state index >= 15 is 0 Å². The van der Waals surface area contributed by atoms with E-state index < -0.39 is 11.5 Å². The molecule has 0 aliphatic carbocycles. The minimum atomic E-state index is -1.24. The molecule has 0 spiro atoms. The Morgan fingerprint density at radius 3 is 3.06 bits per heavy atom. The lowest BCUT2D eigenvalue weighted by molar-refractivity contribution is -0.145. The maximum Gasteiger partial charge on any atom is 0.329 e. The second-order valence-corrected chi connectivity index (χ2v) is 4.54. The van der Waals surface area contributed by atoms with Crippen LogP contribution in [-0.2, 0) is 15.1 Å².